The van der Waals surface area contributed by atoms with Crippen LogP contribution in [0, 0.1) is 15.7 Å². The summed E-state index contributed by atoms with van der Waals surface area (Å²) < 4.78 is 0. The maximum atomic E-state index is 14.1. The third-order valence-corrected chi connectivity index (χ3v) is 15.7. The standard InChI is InChI=1S/C58H115N17O10/c1-41(74-84)57(3,4)67-38-29-43(30-39-68-58(5,6)42(2)75-85)28-37-65-50(77)26-19-27-51(78)69-44(40-76)20-12-18-36-66-53(80)46(22-8-14-32-60)71-55(82)48(24-10-16-34-62)73-56(83)49(25-11-17-35-63)72-54(81)47(23-9-15-33-61)70-52(79)45(64)21-7-13-31-59/h40-49,67-68H,7-39,59-64H2,1-6H3,(H,65,77)(H,66,80)(H,69,78)(H,70,79)(H,71,82)(H,72,81)(H,73,83)/t41?,42?,43?,44-,45-,46-,47?,48?,49-/m0/s1. The van der Waals surface area contributed by atoms with E-state index in [4.69, 9.17) is 34.4 Å². The van der Waals surface area contributed by atoms with Crippen LogP contribution >= 0.6 is 0 Å². The number of amides is 7. The van der Waals surface area contributed by atoms with Gasteiger partial charge in [0.25, 0.3) is 0 Å². The van der Waals surface area contributed by atoms with Gasteiger partial charge in [0.2, 0.25) is 41.4 Å². The van der Waals surface area contributed by atoms with Crippen molar-refractivity contribution in [3.8, 4) is 0 Å². The number of nitrogens with two attached hydrogens (primary N) is 6. The molecule has 492 valence electrons. The Labute approximate surface area is 506 Å². The van der Waals surface area contributed by atoms with E-state index in [-0.39, 0.29) is 69.2 Å². The topological polar surface area (TPSA) is 460 Å². The summed E-state index contributed by atoms with van der Waals surface area (Å²) in [6.45, 7) is 15.0. The van der Waals surface area contributed by atoms with Crippen LogP contribution in [-0.4, -0.2) is 166 Å². The molecule has 0 radical (unpaired) electrons. The quantitative estimate of drug-likeness (QED) is 0.0229. The fourth-order valence-electron chi connectivity index (χ4n) is 9.16. The lowest BCUT2D eigenvalue weighted by Crippen LogP contribution is -2.58. The Bertz CT molecular complexity index is 1890. The van der Waals surface area contributed by atoms with Crippen LogP contribution in [0.15, 0.2) is 10.4 Å². The number of aldehydes is 1. The Morgan fingerprint density at radius 1 is 0.412 bits per heavy atom. The average Bonchev–Trinajstić information content (AvgIpc) is 3.57. The summed E-state index contributed by atoms with van der Waals surface area (Å²) >= 11 is 0. The monoisotopic (exact) mass is 1210 g/mol. The molecule has 0 saturated heterocycles. The van der Waals surface area contributed by atoms with Crippen LogP contribution < -0.4 is 82.3 Å². The molecular formula is C58H115N17O10. The molecule has 8 atom stereocenters. The van der Waals surface area contributed by atoms with Gasteiger partial charge in [0.05, 0.1) is 12.1 Å². The normalized spacial score (nSPS) is 14.9. The molecule has 0 bridgehead atoms. The smallest absolute Gasteiger partial charge is 0.243 e. The molecule has 0 rings (SSSR count). The molecule has 85 heavy (non-hydrogen) atoms. The number of hydrogen-bond acceptors (Lipinski definition) is 20. The molecule has 0 saturated carbocycles. The summed E-state index contributed by atoms with van der Waals surface area (Å²) in [6.07, 6.45) is 11.4. The first kappa shape index (κ1) is 79.8. The van der Waals surface area contributed by atoms with Gasteiger partial charge < -0.3 is 87.0 Å². The third kappa shape index (κ3) is 37.2. The van der Waals surface area contributed by atoms with Crippen molar-refractivity contribution >= 4 is 47.6 Å². The van der Waals surface area contributed by atoms with Crippen molar-refractivity contribution < 1.29 is 38.4 Å². The van der Waals surface area contributed by atoms with Gasteiger partial charge in [0.1, 0.15) is 42.5 Å². The lowest BCUT2D eigenvalue weighted by Gasteiger charge is -2.31. The van der Waals surface area contributed by atoms with Gasteiger partial charge in [0, 0.05) is 37.0 Å². The zero-order valence-electron chi connectivity index (χ0n) is 52.5. The number of carbonyl (C=O) groups excluding carboxylic acids is 8. The first-order valence-electron chi connectivity index (χ1n) is 31.4. The van der Waals surface area contributed by atoms with Crippen molar-refractivity contribution in [2.75, 3.05) is 58.9 Å². The second kappa shape index (κ2) is 47.9. The Hall–Kier alpha value is -5.16. The lowest BCUT2D eigenvalue weighted by molar-refractivity contribution is -0.135. The van der Waals surface area contributed by atoms with Gasteiger partial charge in [-0.05, 0) is 228 Å². The molecule has 4 unspecified atom stereocenters. The van der Waals surface area contributed by atoms with E-state index in [1.165, 1.54) is 0 Å². The van der Waals surface area contributed by atoms with Crippen LogP contribution in [-0.2, 0) is 38.4 Å². The highest BCUT2D eigenvalue weighted by Crippen LogP contribution is 2.19. The minimum Gasteiger partial charge on any atom is -0.356 e. The van der Waals surface area contributed by atoms with Gasteiger partial charge in [-0.2, -0.15) is 9.81 Å². The highest BCUT2D eigenvalue weighted by Gasteiger charge is 2.33. The molecule has 7 amide bonds. The highest BCUT2D eigenvalue weighted by atomic mass is 16.3. The second-order valence-corrected chi connectivity index (χ2v) is 23.7. The van der Waals surface area contributed by atoms with Crippen molar-refractivity contribution in [2.45, 2.75) is 255 Å². The van der Waals surface area contributed by atoms with Crippen molar-refractivity contribution in [1.82, 2.24) is 47.9 Å². The molecular weight excluding hydrogens is 1090 g/mol. The van der Waals surface area contributed by atoms with Crippen LogP contribution in [0.25, 0.3) is 0 Å². The number of nitroso groups, excluding NO2 is 2. The molecule has 27 heteroatoms. The maximum Gasteiger partial charge on any atom is 0.243 e. The van der Waals surface area contributed by atoms with Crippen LogP contribution in [0.1, 0.15) is 196 Å². The number of unbranched alkanes of at least 4 members (excludes halogenated alkanes) is 6. The van der Waals surface area contributed by atoms with E-state index < -0.39 is 88.9 Å². The summed E-state index contributed by atoms with van der Waals surface area (Å²) in [5.41, 5.74) is 33.8. The Morgan fingerprint density at radius 3 is 1.18 bits per heavy atom. The van der Waals surface area contributed by atoms with Crippen LogP contribution in [0.3, 0.4) is 0 Å². The van der Waals surface area contributed by atoms with E-state index in [2.05, 4.69) is 58.2 Å². The maximum absolute atomic E-state index is 14.1. The minimum absolute atomic E-state index is 0.0340. The van der Waals surface area contributed by atoms with Gasteiger partial charge in [-0.25, -0.2) is 0 Å². The van der Waals surface area contributed by atoms with E-state index in [0.29, 0.717) is 155 Å². The number of rotatable bonds is 55. The predicted octanol–water partition coefficient (Wildman–Crippen LogP) is 0.987. The minimum atomic E-state index is -1.10. The van der Waals surface area contributed by atoms with E-state index in [9.17, 15) is 48.2 Å². The molecule has 21 N–H and O–H groups in total. The van der Waals surface area contributed by atoms with Crippen LogP contribution in [0.4, 0.5) is 0 Å². The molecule has 0 fully saturated rings. The Morgan fingerprint density at radius 2 is 0.776 bits per heavy atom. The van der Waals surface area contributed by atoms with E-state index in [0.717, 1.165) is 12.8 Å². The summed E-state index contributed by atoms with van der Waals surface area (Å²) in [5, 5.41) is 32.9. The van der Waals surface area contributed by atoms with Gasteiger partial charge in [0.15, 0.2) is 0 Å². The molecule has 27 nitrogen and oxygen atoms in total. The molecule has 0 aromatic rings. The van der Waals surface area contributed by atoms with Crippen LogP contribution in [0.2, 0.25) is 0 Å². The fourth-order valence-corrected chi connectivity index (χ4v) is 9.16. The van der Waals surface area contributed by atoms with Crippen molar-refractivity contribution in [3.63, 3.8) is 0 Å². The zero-order valence-corrected chi connectivity index (χ0v) is 52.5. The highest BCUT2D eigenvalue weighted by molar-refractivity contribution is 5.96. The summed E-state index contributed by atoms with van der Waals surface area (Å²) in [6, 6.07) is -6.70. The first-order chi connectivity index (χ1) is 40.5. The molecule has 0 aromatic heterocycles. The van der Waals surface area contributed by atoms with E-state index in [1.807, 2.05) is 27.7 Å². The van der Waals surface area contributed by atoms with Crippen LogP contribution in [0.5, 0.6) is 0 Å². The molecule has 0 aliphatic rings. The Kier molecular flexibility index (Phi) is 45.0. The molecule has 0 aliphatic carbocycles. The summed E-state index contributed by atoms with van der Waals surface area (Å²) in [7, 11) is 0. The average molecular weight is 1210 g/mol. The molecule has 0 aliphatic heterocycles. The van der Waals surface area contributed by atoms with E-state index in [1.54, 1.807) is 13.8 Å². The molecule has 0 heterocycles. The van der Waals surface area contributed by atoms with Gasteiger partial charge >= 0.3 is 0 Å². The number of carbonyl (C=O) groups is 8. The van der Waals surface area contributed by atoms with Gasteiger partial charge in [-0.15, -0.1) is 0 Å². The SMILES string of the molecule is CC(N=O)C(C)(C)NCCC(CCNC(=O)CCCC(=O)N[C@H](C=O)CCCCNC(=O)[C@H](CCCCN)NC(=O)C(CCCCN)NC(=O)[C@H](CCCCN)NC(=O)C(CCCCN)NC(=O)[C@@H](N)CCCCN)CCNC(C)(C)C(C)N=O. The third-order valence-electron chi connectivity index (χ3n) is 15.7. The van der Waals surface area contributed by atoms with Crippen molar-refractivity contribution in [3.05, 3.63) is 9.81 Å². The van der Waals surface area contributed by atoms with Crippen molar-refractivity contribution in [1.29, 1.82) is 0 Å². The lowest BCUT2D eigenvalue weighted by atomic mass is 9.92. The number of hydrogen-bond donors (Lipinski definition) is 15. The zero-order chi connectivity index (χ0) is 64.1. The first-order valence-corrected chi connectivity index (χ1v) is 31.4. The van der Waals surface area contributed by atoms with Gasteiger partial charge in [-0.1, -0.05) is 16.8 Å². The second-order valence-electron chi connectivity index (χ2n) is 23.7. The summed E-state index contributed by atoms with van der Waals surface area (Å²) in [5.74, 6) is -3.16. The Balaban J connectivity index is 5.59. The van der Waals surface area contributed by atoms with Gasteiger partial charge in [-0.3, -0.25) is 33.6 Å². The molecule has 0 spiro atoms. The largest absolute Gasteiger partial charge is 0.356 e. The fraction of sp³-hybridized carbons (Fsp3) is 0.862. The van der Waals surface area contributed by atoms with Crippen molar-refractivity contribution in [2.24, 2.45) is 50.7 Å². The number of nitrogens with one attached hydrogen (secondary N) is 9. The van der Waals surface area contributed by atoms with E-state index >= 15 is 0 Å². The number of nitrogens with zero attached hydrogens (tertiary/aromatic N) is 2. The predicted molar refractivity (Wildman–Crippen MR) is 334 cm³/mol. The molecule has 0 aromatic carbocycles. The summed E-state index contributed by atoms with van der Waals surface area (Å²) in [4.78, 5) is 129.